The van der Waals surface area contributed by atoms with Crippen LogP contribution in [-0.2, 0) is 0 Å². The molecule has 1 aromatic carbocycles. The van der Waals surface area contributed by atoms with Crippen molar-refractivity contribution in [1.29, 1.82) is 0 Å². The molecule has 4 aromatic rings. The van der Waals surface area contributed by atoms with E-state index in [1.54, 1.807) is 12.3 Å². The van der Waals surface area contributed by atoms with E-state index in [-0.39, 0.29) is 0 Å². The van der Waals surface area contributed by atoms with Crippen molar-refractivity contribution in [2.24, 2.45) is 0 Å². The van der Waals surface area contributed by atoms with Crippen LogP contribution >= 0.6 is 0 Å². The van der Waals surface area contributed by atoms with Crippen LogP contribution < -0.4 is 11.1 Å². The van der Waals surface area contributed by atoms with Gasteiger partial charge in [-0.25, -0.2) is 19.3 Å². The Balaban J connectivity index is 1.82. The lowest BCUT2D eigenvalue weighted by Crippen LogP contribution is -2.01. The van der Waals surface area contributed by atoms with Gasteiger partial charge < -0.3 is 15.5 Å². The topological polar surface area (TPSA) is 81.1 Å². The minimum atomic E-state index is -0.395. The first-order valence-corrected chi connectivity index (χ1v) is 7.27. The second-order valence-corrected chi connectivity index (χ2v) is 5.24. The Kier molecular flexibility index (Phi) is 3.31. The van der Waals surface area contributed by atoms with Crippen molar-refractivity contribution in [3.05, 3.63) is 67.0 Å². The van der Waals surface area contributed by atoms with E-state index in [0.717, 1.165) is 17.5 Å². The second kappa shape index (κ2) is 5.62. The Labute approximate surface area is 136 Å². The van der Waals surface area contributed by atoms with Crippen LogP contribution in [-0.4, -0.2) is 19.4 Å². The molecule has 0 atom stereocenters. The fourth-order valence-corrected chi connectivity index (χ4v) is 2.42. The highest BCUT2D eigenvalue weighted by molar-refractivity contribution is 5.73. The molecule has 0 fully saturated rings. The molecular weight excluding hydrogens is 307 g/mol. The van der Waals surface area contributed by atoms with Crippen molar-refractivity contribution in [3.8, 4) is 11.3 Å². The number of pyridine rings is 1. The summed E-state index contributed by atoms with van der Waals surface area (Å²) < 4.78 is 14.9. The normalized spacial score (nSPS) is 10.9. The highest BCUT2D eigenvalue weighted by Gasteiger charge is 2.10. The van der Waals surface area contributed by atoms with Crippen molar-refractivity contribution in [2.75, 3.05) is 11.1 Å². The van der Waals surface area contributed by atoms with Gasteiger partial charge in [-0.3, -0.25) is 0 Å². The third-order valence-corrected chi connectivity index (χ3v) is 3.53. The maximum Gasteiger partial charge on any atom is 0.180 e. The number of hydrogen-bond acceptors (Lipinski definition) is 5. The maximum absolute atomic E-state index is 13.0. The predicted molar refractivity (Wildman–Crippen MR) is 90.3 cm³/mol. The molecule has 6 nitrogen and oxygen atoms in total. The Morgan fingerprint density at radius 2 is 2.04 bits per heavy atom. The van der Waals surface area contributed by atoms with E-state index in [0.29, 0.717) is 23.0 Å². The van der Waals surface area contributed by atoms with E-state index in [9.17, 15) is 4.39 Å². The number of rotatable bonds is 3. The van der Waals surface area contributed by atoms with Gasteiger partial charge in [-0.2, -0.15) is 0 Å². The van der Waals surface area contributed by atoms with Crippen molar-refractivity contribution in [3.63, 3.8) is 0 Å². The zero-order valence-corrected chi connectivity index (χ0v) is 12.5. The average Bonchev–Trinajstić information content (AvgIpc) is 3.06. The molecule has 0 bridgehead atoms. The standard InChI is InChI=1S/C17H13FN6/c18-12-4-5-15(21-9-12)23-16-17-20-6-7-24(17)10-14(22-16)11-2-1-3-13(19)8-11/h1-10H,19H2,(H,21,22,23). The first kappa shape index (κ1) is 14.1. The first-order chi connectivity index (χ1) is 11.7. The first-order valence-electron chi connectivity index (χ1n) is 7.27. The molecule has 3 N–H and O–H groups in total. The number of nitrogens with zero attached hydrogens (tertiary/aromatic N) is 4. The molecule has 0 radical (unpaired) electrons. The number of halogens is 1. The fourth-order valence-electron chi connectivity index (χ4n) is 2.42. The molecule has 24 heavy (non-hydrogen) atoms. The summed E-state index contributed by atoms with van der Waals surface area (Å²) in [4.78, 5) is 12.9. The molecular formula is C17H13FN6. The summed E-state index contributed by atoms with van der Waals surface area (Å²) in [7, 11) is 0. The Bertz CT molecular complexity index is 1010. The summed E-state index contributed by atoms with van der Waals surface area (Å²) in [5.74, 6) is 0.616. The summed E-state index contributed by atoms with van der Waals surface area (Å²) in [6.45, 7) is 0. The van der Waals surface area contributed by atoms with Gasteiger partial charge in [0.2, 0.25) is 0 Å². The van der Waals surface area contributed by atoms with Crippen LogP contribution in [0.25, 0.3) is 16.9 Å². The summed E-state index contributed by atoms with van der Waals surface area (Å²) in [6.07, 6.45) is 6.53. The lowest BCUT2D eigenvalue weighted by molar-refractivity contribution is 0.622. The molecule has 0 unspecified atom stereocenters. The second-order valence-electron chi connectivity index (χ2n) is 5.24. The molecule has 4 rings (SSSR count). The third-order valence-electron chi connectivity index (χ3n) is 3.53. The zero-order chi connectivity index (χ0) is 16.5. The number of imidazole rings is 1. The van der Waals surface area contributed by atoms with Crippen LogP contribution in [0.1, 0.15) is 0 Å². The van der Waals surface area contributed by atoms with E-state index in [1.807, 2.05) is 41.1 Å². The van der Waals surface area contributed by atoms with Crippen molar-refractivity contribution >= 4 is 23.0 Å². The van der Waals surface area contributed by atoms with Crippen LogP contribution in [0.5, 0.6) is 0 Å². The van der Waals surface area contributed by atoms with Crippen molar-refractivity contribution in [1.82, 2.24) is 19.4 Å². The number of aromatic nitrogens is 4. The number of nitrogens with two attached hydrogens (primary N) is 1. The van der Waals surface area contributed by atoms with Gasteiger partial charge in [0.1, 0.15) is 11.6 Å². The smallest absolute Gasteiger partial charge is 0.180 e. The lowest BCUT2D eigenvalue weighted by atomic mass is 10.1. The van der Waals surface area contributed by atoms with Gasteiger partial charge in [0, 0.05) is 29.8 Å². The van der Waals surface area contributed by atoms with Crippen LogP contribution in [0.2, 0.25) is 0 Å². The molecule has 118 valence electrons. The number of nitrogen functional groups attached to an aromatic ring is 1. The Morgan fingerprint density at radius 3 is 2.83 bits per heavy atom. The zero-order valence-electron chi connectivity index (χ0n) is 12.5. The quantitative estimate of drug-likeness (QED) is 0.566. The van der Waals surface area contributed by atoms with Gasteiger partial charge in [0.25, 0.3) is 0 Å². The molecule has 0 amide bonds. The fraction of sp³-hybridized carbons (Fsp3) is 0. The van der Waals surface area contributed by atoms with Crippen LogP contribution in [0, 0.1) is 5.82 Å². The van der Waals surface area contributed by atoms with Crippen LogP contribution in [0.3, 0.4) is 0 Å². The van der Waals surface area contributed by atoms with E-state index in [4.69, 9.17) is 5.73 Å². The average molecular weight is 320 g/mol. The summed E-state index contributed by atoms with van der Waals surface area (Å²) in [6, 6.07) is 10.4. The number of nitrogens with one attached hydrogen (secondary N) is 1. The van der Waals surface area contributed by atoms with Gasteiger partial charge in [-0.05, 0) is 24.3 Å². The monoisotopic (exact) mass is 320 g/mol. The SMILES string of the molecule is Nc1cccc(-c2cn3ccnc3c(Nc3ccc(F)cn3)n2)c1. The summed E-state index contributed by atoms with van der Waals surface area (Å²) in [5.41, 5.74) is 8.79. The number of fused-ring (bicyclic) bond motifs is 1. The number of benzene rings is 1. The molecule has 0 aliphatic heterocycles. The molecule has 0 aliphatic carbocycles. The van der Waals surface area contributed by atoms with E-state index in [2.05, 4.69) is 20.3 Å². The molecule has 3 aromatic heterocycles. The van der Waals surface area contributed by atoms with Crippen molar-refractivity contribution in [2.45, 2.75) is 0 Å². The summed E-state index contributed by atoms with van der Waals surface area (Å²) in [5, 5.41) is 3.08. The lowest BCUT2D eigenvalue weighted by Gasteiger charge is -2.09. The van der Waals surface area contributed by atoms with Crippen molar-refractivity contribution < 1.29 is 4.39 Å². The predicted octanol–water partition coefficient (Wildman–Crippen LogP) is 3.26. The number of hydrogen-bond donors (Lipinski definition) is 2. The molecule has 0 saturated carbocycles. The van der Waals surface area contributed by atoms with E-state index in [1.165, 1.54) is 6.07 Å². The van der Waals surface area contributed by atoms with Gasteiger partial charge in [0.05, 0.1) is 11.9 Å². The summed E-state index contributed by atoms with van der Waals surface area (Å²) >= 11 is 0. The molecule has 0 aliphatic rings. The molecule has 0 saturated heterocycles. The van der Waals surface area contributed by atoms with Gasteiger partial charge in [-0.15, -0.1) is 0 Å². The minimum absolute atomic E-state index is 0.395. The van der Waals surface area contributed by atoms with E-state index < -0.39 is 5.82 Å². The van der Waals surface area contributed by atoms with Gasteiger partial charge in [-0.1, -0.05) is 12.1 Å². The highest BCUT2D eigenvalue weighted by Crippen LogP contribution is 2.25. The van der Waals surface area contributed by atoms with Gasteiger partial charge >= 0.3 is 0 Å². The molecule has 0 spiro atoms. The molecule has 7 heteroatoms. The molecule has 3 heterocycles. The highest BCUT2D eigenvalue weighted by atomic mass is 19.1. The van der Waals surface area contributed by atoms with Crippen LogP contribution in [0.15, 0.2) is 61.2 Å². The Morgan fingerprint density at radius 1 is 1.12 bits per heavy atom. The Hall–Kier alpha value is -3.48. The third kappa shape index (κ3) is 2.63. The maximum atomic E-state index is 13.0. The largest absolute Gasteiger partial charge is 0.399 e. The van der Waals surface area contributed by atoms with E-state index >= 15 is 0 Å². The van der Waals surface area contributed by atoms with Gasteiger partial charge in [0.15, 0.2) is 11.5 Å². The van der Waals surface area contributed by atoms with Crippen LogP contribution in [0.4, 0.5) is 21.7 Å². The number of anilines is 3. The minimum Gasteiger partial charge on any atom is -0.399 e.